The molecule has 3 amide bonds. The number of carbonyl (C=O) groups is 3. The molecule has 1 heterocycles. The molecule has 0 radical (unpaired) electrons. The summed E-state index contributed by atoms with van der Waals surface area (Å²) in [4.78, 5) is 34.3. The normalized spacial score (nSPS) is 18.9. The van der Waals surface area contributed by atoms with E-state index in [1.807, 2.05) is 0 Å². The molecular formula is C13H13ClN2O3. The number of hydrogen-bond donors (Lipinski definition) is 2. The number of piperidine rings is 1. The largest absolute Gasteiger partial charge is 0.344 e. The molecule has 6 heteroatoms. The van der Waals surface area contributed by atoms with Gasteiger partial charge < -0.3 is 5.32 Å². The molecule has 2 N–H and O–H groups in total. The van der Waals surface area contributed by atoms with Gasteiger partial charge in [0.2, 0.25) is 17.7 Å². The first-order valence-corrected chi connectivity index (χ1v) is 6.30. The first kappa shape index (κ1) is 13.5. The van der Waals surface area contributed by atoms with Crippen LogP contribution >= 0.6 is 11.6 Å². The summed E-state index contributed by atoms with van der Waals surface area (Å²) in [5, 5.41) is 5.37. The van der Waals surface area contributed by atoms with E-state index in [9.17, 15) is 14.4 Å². The second-order valence-corrected chi connectivity index (χ2v) is 4.81. The molecular weight excluding hydrogens is 268 g/mol. The average molecular weight is 281 g/mol. The number of imide groups is 1. The molecule has 1 atom stereocenters. The predicted molar refractivity (Wildman–Crippen MR) is 69.5 cm³/mol. The van der Waals surface area contributed by atoms with Gasteiger partial charge in [0.05, 0.1) is 6.42 Å². The van der Waals surface area contributed by atoms with Crippen molar-refractivity contribution in [1.82, 2.24) is 10.6 Å². The van der Waals surface area contributed by atoms with Gasteiger partial charge >= 0.3 is 0 Å². The van der Waals surface area contributed by atoms with E-state index in [0.29, 0.717) is 11.4 Å². The third-order valence-corrected chi connectivity index (χ3v) is 3.06. The smallest absolute Gasteiger partial charge is 0.249 e. The third kappa shape index (κ3) is 3.79. The van der Waals surface area contributed by atoms with Crippen molar-refractivity contribution in [1.29, 1.82) is 0 Å². The van der Waals surface area contributed by atoms with Gasteiger partial charge in [-0.05, 0) is 24.1 Å². The van der Waals surface area contributed by atoms with Gasteiger partial charge in [0.25, 0.3) is 0 Å². The monoisotopic (exact) mass is 280 g/mol. The van der Waals surface area contributed by atoms with Crippen LogP contribution in [0.15, 0.2) is 24.3 Å². The van der Waals surface area contributed by atoms with Gasteiger partial charge in [-0.3, -0.25) is 19.7 Å². The summed E-state index contributed by atoms with van der Waals surface area (Å²) in [6.07, 6.45) is 0.734. The van der Waals surface area contributed by atoms with Crippen LogP contribution in [0.4, 0.5) is 0 Å². The Balaban J connectivity index is 1.91. The quantitative estimate of drug-likeness (QED) is 0.805. The molecule has 19 heavy (non-hydrogen) atoms. The van der Waals surface area contributed by atoms with E-state index in [-0.39, 0.29) is 24.7 Å². The van der Waals surface area contributed by atoms with Crippen molar-refractivity contribution < 1.29 is 14.4 Å². The number of hydrogen-bond acceptors (Lipinski definition) is 3. The lowest BCUT2D eigenvalue weighted by Crippen LogP contribution is -2.52. The molecule has 1 unspecified atom stereocenters. The standard InChI is InChI=1S/C13H13ClN2O3/c14-9-3-1-2-8(6-9)7-12(18)15-10-4-5-11(17)16-13(10)19/h1-3,6,10H,4-5,7H2,(H,15,18)(H,16,17,19). The first-order valence-electron chi connectivity index (χ1n) is 5.92. The second kappa shape index (κ2) is 5.84. The van der Waals surface area contributed by atoms with Crippen LogP contribution in [0.2, 0.25) is 5.02 Å². The van der Waals surface area contributed by atoms with Crippen LogP contribution in [0.3, 0.4) is 0 Å². The zero-order valence-corrected chi connectivity index (χ0v) is 10.9. The van der Waals surface area contributed by atoms with Crippen LogP contribution in [0.5, 0.6) is 0 Å². The Morgan fingerprint density at radius 2 is 2.21 bits per heavy atom. The number of benzene rings is 1. The van der Waals surface area contributed by atoms with Gasteiger partial charge in [-0.2, -0.15) is 0 Å². The van der Waals surface area contributed by atoms with Gasteiger partial charge in [-0.15, -0.1) is 0 Å². The SMILES string of the molecule is O=C1CCC(NC(=O)Cc2cccc(Cl)c2)C(=O)N1. The minimum atomic E-state index is -0.635. The molecule has 0 bridgehead atoms. The molecule has 2 rings (SSSR count). The van der Waals surface area contributed by atoms with Gasteiger partial charge in [-0.1, -0.05) is 23.7 Å². The molecule has 0 spiro atoms. The van der Waals surface area contributed by atoms with Crippen LogP contribution in [0, 0.1) is 0 Å². The maximum atomic E-state index is 11.8. The van der Waals surface area contributed by atoms with E-state index in [0.717, 1.165) is 5.56 Å². The Morgan fingerprint density at radius 1 is 1.42 bits per heavy atom. The fourth-order valence-electron chi connectivity index (χ4n) is 1.91. The molecule has 5 nitrogen and oxygen atoms in total. The molecule has 1 fully saturated rings. The molecule has 100 valence electrons. The maximum Gasteiger partial charge on any atom is 0.249 e. The summed E-state index contributed by atoms with van der Waals surface area (Å²) in [5.74, 6) is -1.02. The van der Waals surface area contributed by atoms with Crippen LogP contribution in [-0.2, 0) is 20.8 Å². The lowest BCUT2D eigenvalue weighted by molar-refractivity contribution is -0.137. The zero-order valence-electron chi connectivity index (χ0n) is 10.1. The lowest BCUT2D eigenvalue weighted by Gasteiger charge is -2.21. The van der Waals surface area contributed by atoms with Gasteiger partial charge in [-0.25, -0.2) is 0 Å². The zero-order chi connectivity index (χ0) is 13.8. The highest BCUT2D eigenvalue weighted by Gasteiger charge is 2.27. The van der Waals surface area contributed by atoms with E-state index in [2.05, 4.69) is 10.6 Å². The molecule has 0 saturated carbocycles. The molecule has 0 aliphatic carbocycles. The number of rotatable bonds is 3. The lowest BCUT2D eigenvalue weighted by atomic mass is 10.1. The summed E-state index contributed by atoms with van der Waals surface area (Å²) in [6.45, 7) is 0. The van der Waals surface area contributed by atoms with Crippen molar-refractivity contribution in [2.75, 3.05) is 0 Å². The number of amides is 3. The van der Waals surface area contributed by atoms with Crippen molar-refractivity contribution in [3.63, 3.8) is 0 Å². The van der Waals surface area contributed by atoms with E-state index < -0.39 is 11.9 Å². The minimum Gasteiger partial charge on any atom is -0.344 e. The highest BCUT2D eigenvalue weighted by molar-refractivity contribution is 6.30. The highest BCUT2D eigenvalue weighted by Crippen LogP contribution is 2.11. The summed E-state index contributed by atoms with van der Waals surface area (Å²) in [7, 11) is 0. The number of carbonyl (C=O) groups excluding carboxylic acids is 3. The fourth-order valence-corrected chi connectivity index (χ4v) is 2.12. The van der Waals surface area contributed by atoms with Crippen molar-refractivity contribution in [2.24, 2.45) is 0 Å². The molecule has 1 aromatic carbocycles. The van der Waals surface area contributed by atoms with Crippen LogP contribution in [-0.4, -0.2) is 23.8 Å². The fraction of sp³-hybridized carbons (Fsp3) is 0.308. The van der Waals surface area contributed by atoms with Crippen molar-refractivity contribution in [3.8, 4) is 0 Å². The summed E-state index contributed by atoms with van der Waals surface area (Å²) < 4.78 is 0. The molecule has 1 saturated heterocycles. The second-order valence-electron chi connectivity index (χ2n) is 4.38. The Bertz CT molecular complexity index is 530. The Labute approximate surface area is 115 Å². The van der Waals surface area contributed by atoms with Crippen LogP contribution in [0.25, 0.3) is 0 Å². The van der Waals surface area contributed by atoms with E-state index >= 15 is 0 Å². The van der Waals surface area contributed by atoms with E-state index in [1.165, 1.54) is 0 Å². The van der Waals surface area contributed by atoms with Crippen molar-refractivity contribution in [2.45, 2.75) is 25.3 Å². The minimum absolute atomic E-state index is 0.151. The van der Waals surface area contributed by atoms with Crippen molar-refractivity contribution >= 4 is 29.3 Å². The molecule has 1 aliphatic rings. The van der Waals surface area contributed by atoms with Gasteiger partial charge in [0.1, 0.15) is 6.04 Å². The highest BCUT2D eigenvalue weighted by atomic mass is 35.5. The van der Waals surface area contributed by atoms with E-state index in [4.69, 9.17) is 11.6 Å². The summed E-state index contributed by atoms with van der Waals surface area (Å²) >= 11 is 5.83. The molecule has 1 aliphatic heterocycles. The van der Waals surface area contributed by atoms with Gasteiger partial charge in [0.15, 0.2) is 0 Å². The van der Waals surface area contributed by atoms with Crippen molar-refractivity contribution in [3.05, 3.63) is 34.9 Å². The third-order valence-electron chi connectivity index (χ3n) is 2.83. The van der Waals surface area contributed by atoms with E-state index in [1.54, 1.807) is 24.3 Å². The van der Waals surface area contributed by atoms with Crippen LogP contribution < -0.4 is 10.6 Å². The first-order chi connectivity index (χ1) is 9.04. The predicted octanol–water partition coefficient (Wildman–Crippen LogP) is 0.804. The topological polar surface area (TPSA) is 75.3 Å². The summed E-state index contributed by atoms with van der Waals surface area (Å²) in [5.41, 5.74) is 0.775. The maximum absolute atomic E-state index is 11.8. The Hall–Kier alpha value is -1.88. The van der Waals surface area contributed by atoms with Crippen LogP contribution in [0.1, 0.15) is 18.4 Å². The molecule has 1 aromatic rings. The summed E-state index contributed by atoms with van der Waals surface area (Å²) in [6, 6.07) is 6.34. The average Bonchev–Trinajstić information content (AvgIpc) is 2.33. The molecule has 0 aromatic heterocycles. The Morgan fingerprint density at radius 3 is 2.89 bits per heavy atom. The number of halogens is 1. The number of nitrogens with one attached hydrogen (secondary N) is 2. The van der Waals surface area contributed by atoms with Gasteiger partial charge in [0, 0.05) is 11.4 Å². The Kier molecular flexibility index (Phi) is 4.16.